The van der Waals surface area contributed by atoms with Gasteiger partial charge in [0.1, 0.15) is 5.75 Å². The standard InChI is InChI=1S/C23H24N4O2/c1-16-9-10-17(2)21(12-16)26-23(25-15-18-6-5-11-24-14-18)27-22(28)19-7-4-8-20(13-19)29-3/h4-14H,15H2,1-3H3,(H2,25,26,27,28). The summed E-state index contributed by atoms with van der Waals surface area (Å²) in [5.74, 6) is 0.719. The molecule has 0 bridgehead atoms. The van der Waals surface area contributed by atoms with Crippen molar-refractivity contribution in [2.24, 2.45) is 4.99 Å². The molecule has 0 aliphatic rings. The Kier molecular flexibility index (Phi) is 6.58. The van der Waals surface area contributed by atoms with Crippen LogP contribution in [0.1, 0.15) is 27.0 Å². The smallest absolute Gasteiger partial charge is 0.258 e. The summed E-state index contributed by atoms with van der Waals surface area (Å²) < 4.78 is 5.21. The summed E-state index contributed by atoms with van der Waals surface area (Å²) >= 11 is 0. The maximum Gasteiger partial charge on any atom is 0.258 e. The van der Waals surface area contributed by atoms with Crippen LogP contribution < -0.4 is 15.4 Å². The summed E-state index contributed by atoms with van der Waals surface area (Å²) in [7, 11) is 1.57. The average Bonchev–Trinajstić information content (AvgIpc) is 2.75. The molecular formula is C23H24N4O2. The first-order valence-electron chi connectivity index (χ1n) is 9.28. The molecule has 29 heavy (non-hydrogen) atoms. The minimum atomic E-state index is -0.272. The molecule has 148 valence electrons. The van der Waals surface area contributed by atoms with Gasteiger partial charge in [0.2, 0.25) is 5.96 Å². The first-order valence-corrected chi connectivity index (χ1v) is 9.28. The molecule has 2 N–H and O–H groups in total. The van der Waals surface area contributed by atoms with Crippen LogP contribution in [0.25, 0.3) is 0 Å². The highest BCUT2D eigenvalue weighted by Crippen LogP contribution is 2.17. The van der Waals surface area contributed by atoms with Gasteiger partial charge in [-0.1, -0.05) is 24.3 Å². The van der Waals surface area contributed by atoms with Gasteiger partial charge in [-0.05, 0) is 60.9 Å². The third-order valence-corrected chi connectivity index (χ3v) is 4.35. The lowest BCUT2D eigenvalue weighted by atomic mass is 10.1. The number of aromatic nitrogens is 1. The van der Waals surface area contributed by atoms with Crippen LogP contribution in [0, 0.1) is 13.8 Å². The number of rotatable bonds is 5. The Labute approximate surface area is 170 Å². The van der Waals surface area contributed by atoms with Gasteiger partial charge >= 0.3 is 0 Å². The molecule has 3 rings (SSSR count). The van der Waals surface area contributed by atoms with E-state index in [2.05, 4.69) is 20.6 Å². The number of aliphatic imine (C=N–C) groups is 1. The molecule has 0 saturated heterocycles. The number of pyridine rings is 1. The van der Waals surface area contributed by atoms with Gasteiger partial charge < -0.3 is 10.1 Å². The lowest BCUT2D eigenvalue weighted by Crippen LogP contribution is -2.36. The Bertz CT molecular complexity index is 1020. The van der Waals surface area contributed by atoms with Crippen LogP contribution in [0.4, 0.5) is 5.69 Å². The first kappa shape index (κ1) is 20.1. The highest BCUT2D eigenvalue weighted by Gasteiger charge is 2.11. The fourth-order valence-corrected chi connectivity index (χ4v) is 2.71. The lowest BCUT2D eigenvalue weighted by Gasteiger charge is -2.14. The van der Waals surface area contributed by atoms with Gasteiger partial charge in [-0.25, -0.2) is 4.99 Å². The number of anilines is 1. The molecule has 0 spiro atoms. The second-order valence-electron chi connectivity index (χ2n) is 6.66. The number of carbonyl (C=O) groups excluding carboxylic acids is 1. The van der Waals surface area contributed by atoms with E-state index in [0.29, 0.717) is 23.8 Å². The number of aryl methyl sites for hydroxylation is 2. The highest BCUT2D eigenvalue weighted by molar-refractivity contribution is 6.10. The molecule has 0 radical (unpaired) electrons. The van der Waals surface area contributed by atoms with Gasteiger partial charge in [0.05, 0.1) is 13.7 Å². The quantitative estimate of drug-likeness (QED) is 0.510. The van der Waals surface area contributed by atoms with Crippen molar-refractivity contribution in [2.45, 2.75) is 20.4 Å². The number of nitrogens with one attached hydrogen (secondary N) is 2. The summed E-state index contributed by atoms with van der Waals surface area (Å²) in [4.78, 5) is 21.5. The molecule has 6 heteroatoms. The Balaban J connectivity index is 1.85. The van der Waals surface area contributed by atoms with E-state index in [9.17, 15) is 4.79 Å². The van der Waals surface area contributed by atoms with Crippen molar-refractivity contribution in [1.82, 2.24) is 10.3 Å². The second-order valence-corrected chi connectivity index (χ2v) is 6.66. The molecule has 1 heterocycles. The zero-order valence-corrected chi connectivity index (χ0v) is 16.8. The lowest BCUT2D eigenvalue weighted by molar-refractivity contribution is 0.0976. The predicted molar refractivity (Wildman–Crippen MR) is 115 cm³/mol. The molecule has 1 aromatic heterocycles. The van der Waals surface area contributed by atoms with Crippen molar-refractivity contribution in [3.05, 3.63) is 89.2 Å². The third kappa shape index (κ3) is 5.65. The summed E-state index contributed by atoms with van der Waals surface area (Å²) in [6.07, 6.45) is 3.47. The SMILES string of the molecule is COc1cccc(C(=O)NC(=NCc2cccnc2)Nc2cc(C)ccc2C)c1. The molecule has 0 fully saturated rings. The monoisotopic (exact) mass is 388 g/mol. The Morgan fingerprint density at radius 3 is 2.72 bits per heavy atom. The number of amides is 1. The molecule has 0 saturated carbocycles. The van der Waals surface area contributed by atoms with Crippen LogP contribution in [-0.2, 0) is 6.54 Å². The number of methoxy groups -OCH3 is 1. The highest BCUT2D eigenvalue weighted by atomic mass is 16.5. The normalized spacial score (nSPS) is 11.1. The van der Waals surface area contributed by atoms with Crippen LogP contribution in [0.5, 0.6) is 5.75 Å². The van der Waals surface area contributed by atoms with Crippen molar-refractivity contribution >= 4 is 17.6 Å². The van der Waals surface area contributed by atoms with E-state index in [1.807, 2.05) is 44.2 Å². The summed E-state index contributed by atoms with van der Waals surface area (Å²) in [6.45, 7) is 4.41. The summed E-state index contributed by atoms with van der Waals surface area (Å²) in [5, 5.41) is 6.13. The second kappa shape index (κ2) is 9.50. The minimum absolute atomic E-state index is 0.272. The molecule has 0 unspecified atom stereocenters. The van der Waals surface area contributed by atoms with Crippen LogP contribution in [0.2, 0.25) is 0 Å². The summed E-state index contributed by atoms with van der Waals surface area (Å²) in [6, 6.07) is 16.9. The van der Waals surface area contributed by atoms with E-state index < -0.39 is 0 Å². The third-order valence-electron chi connectivity index (χ3n) is 4.35. The van der Waals surface area contributed by atoms with Crippen molar-refractivity contribution in [1.29, 1.82) is 0 Å². The van der Waals surface area contributed by atoms with Crippen LogP contribution >= 0.6 is 0 Å². The molecule has 3 aromatic rings. The van der Waals surface area contributed by atoms with E-state index >= 15 is 0 Å². The number of benzene rings is 2. The van der Waals surface area contributed by atoms with Gasteiger partial charge in [0, 0.05) is 23.6 Å². The number of nitrogens with zero attached hydrogens (tertiary/aromatic N) is 2. The Morgan fingerprint density at radius 2 is 1.97 bits per heavy atom. The maximum absolute atomic E-state index is 12.8. The van der Waals surface area contributed by atoms with Crippen molar-refractivity contribution in [3.8, 4) is 5.75 Å². The van der Waals surface area contributed by atoms with E-state index in [0.717, 1.165) is 22.4 Å². The molecule has 6 nitrogen and oxygen atoms in total. The zero-order chi connectivity index (χ0) is 20.6. The average molecular weight is 388 g/mol. The largest absolute Gasteiger partial charge is 0.497 e. The Hall–Kier alpha value is -3.67. The van der Waals surface area contributed by atoms with E-state index in [-0.39, 0.29) is 5.91 Å². The van der Waals surface area contributed by atoms with E-state index in [1.165, 1.54) is 0 Å². The Morgan fingerprint density at radius 1 is 1.10 bits per heavy atom. The molecule has 0 aliphatic heterocycles. The number of hydrogen-bond acceptors (Lipinski definition) is 4. The molecule has 0 aliphatic carbocycles. The first-order chi connectivity index (χ1) is 14.0. The van der Waals surface area contributed by atoms with Crippen molar-refractivity contribution < 1.29 is 9.53 Å². The summed E-state index contributed by atoms with van der Waals surface area (Å²) in [5.41, 5.74) is 4.50. The van der Waals surface area contributed by atoms with Crippen molar-refractivity contribution in [3.63, 3.8) is 0 Å². The van der Waals surface area contributed by atoms with Gasteiger partial charge in [0.25, 0.3) is 5.91 Å². The van der Waals surface area contributed by atoms with E-state index in [4.69, 9.17) is 4.74 Å². The topological polar surface area (TPSA) is 75.6 Å². The zero-order valence-electron chi connectivity index (χ0n) is 16.8. The number of hydrogen-bond donors (Lipinski definition) is 2. The van der Waals surface area contributed by atoms with Crippen LogP contribution in [0.15, 0.2) is 72.0 Å². The van der Waals surface area contributed by atoms with Crippen LogP contribution in [0.3, 0.4) is 0 Å². The number of ether oxygens (including phenoxy) is 1. The van der Waals surface area contributed by atoms with Crippen LogP contribution in [-0.4, -0.2) is 24.0 Å². The minimum Gasteiger partial charge on any atom is -0.497 e. The van der Waals surface area contributed by atoms with Crippen molar-refractivity contribution in [2.75, 3.05) is 12.4 Å². The van der Waals surface area contributed by atoms with Gasteiger partial charge in [0.15, 0.2) is 0 Å². The number of carbonyl (C=O) groups is 1. The van der Waals surface area contributed by atoms with Gasteiger partial charge in [-0.15, -0.1) is 0 Å². The van der Waals surface area contributed by atoms with E-state index in [1.54, 1.807) is 43.8 Å². The molecule has 1 amide bonds. The predicted octanol–water partition coefficient (Wildman–Crippen LogP) is 4.11. The maximum atomic E-state index is 12.8. The van der Waals surface area contributed by atoms with Gasteiger partial charge in [-0.2, -0.15) is 0 Å². The molecular weight excluding hydrogens is 364 g/mol. The van der Waals surface area contributed by atoms with Gasteiger partial charge in [-0.3, -0.25) is 15.1 Å². The molecule has 2 aromatic carbocycles. The fraction of sp³-hybridized carbons (Fsp3) is 0.174. The molecule has 0 atom stereocenters. The fourth-order valence-electron chi connectivity index (χ4n) is 2.71. The number of guanidine groups is 1.